The SMILES string of the molecule is Cc1cccc(C=NNc2ccc([N+](=O)[O-])cc2S(=O)(=O)N2CCOCC2)c1. The van der Waals surface area contributed by atoms with E-state index in [9.17, 15) is 18.5 Å². The van der Waals surface area contributed by atoms with E-state index in [0.29, 0.717) is 0 Å². The van der Waals surface area contributed by atoms with Gasteiger partial charge in [0.25, 0.3) is 5.69 Å². The molecule has 2 aromatic carbocycles. The van der Waals surface area contributed by atoms with Crippen molar-refractivity contribution in [2.75, 3.05) is 31.7 Å². The van der Waals surface area contributed by atoms with Crippen LogP contribution in [0, 0.1) is 17.0 Å². The Bertz CT molecular complexity index is 1000. The Morgan fingerprint density at radius 3 is 2.64 bits per heavy atom. The fourth-order valence-electron chi connectivity index (χ4n) is 2.78. The first-order valence-electron chi connectivity index (χ1n) is 8.60. The van der Waals surface area contributed by atoms with Gasteiger partial charge in [0.05, 0.1) is 30.0 Å². The van der Waals surface area contributed by atoms with Crippen LogP contribution < -0.4 is 5.43 Å². The van der Waals surface area contributed by atoms with Crippen LogP contribution in [0.5, 0.6) is 0 Å². The number of nitrogens with zero attached hydrogens (tertiary/aromatic N) is 3. The normalized spacial score (nSPS) is 15.6. The van der Waals surface area contributed by atoms with Gasteiger partial charge in [0.15, 0.2) is 0 Å². The van der Waals surface area contributed by atoms with Gasteiger partial charge in [-0.3, -0.25) is 15.5 Å². The highest BCUT2D eigenvalue weighted by Gasteiger charge is 2.30. The molecule has 1 aliphatic rings. The zero-order chi connectivity index (χ0) is 20.1. The monoisotopic (exact) mass is 404 g/mol. The number of hydrogen-bond donors (Lipinski definition) is 1. The number of hydrazone groups is 1. The maximum Gasteiger partial charge on any atom is 0.270 e. The van der Waals surface area contributed by atoms with Crippen LogP contribution in [0.15, 0.2) is 52.5 Å². The molecule has 1 aliphatic heterocycles. The van der Waals surface area contributed by atoms with Gasteiger partial charge in [0, 0.05) is 25.2 Å². The van der Waals surface area contributed by atoms with Gasteiger partial charge in [0.2, 0.25) is 10.0 Å². The number of benzene rings is 2. The highest BCUT2D eigenvalue weighted by Crippen LogP contribution is 2.29. The Morgan fingerprint density at radius 1 is 1.21 bits per heavy atom. The van der Waals surface area contributed by atoms with Crippen molar-refractivity contribution in [2.45, 2.75) is 11.8 Å². The predicted molar refractivity (Wildman–Crippen MR) is 105 cm³/mol. The summed E-state index contributed by atoms with van der Waals surface area (Å²) in [5, 5.41) is 15.2. The molecule has 1 saturated heterocycles. The van der Waals surface area contributed by atoms with Crippen LogP contribution in [0.2, 0.25) is 0 Å². The molecule has 2 aromatic rings. The van der Waals surface area contributed by atoms with Crippen molar-refractivity contribution in [3.8, 4) is 0 Å². The highest BCUT2D eigenvalue weighted by molar-refractivity contribution is 7.89. The number of rotatable bonds is 6. The second kappa shape index (κ2) is 8.46. The number of ether oxygens (including phenoxy) is 1. The fraction of sp³-hybridized carbons (Fsp3) is 0.278. The maximum atomic E-state index is 13.0. The first-order valence-corrected chi connectivity index (χ1v) is 10.0. The first-order chi connectivity index (χ1) is 13.4. The number of non-ortho nitro benzene ring substituents is 1. The maximum absolute atomic E-state index is 13.0. The summed E-state index contributed by atoms with van der Waals surface area (Å²) in [6.45, 7) is 2.90. The molecule has 0 aromatic heterocycles. The van der Waals surface area contributed by atoms with Crippen LogP contribution in [0.1, 0.15) is 11.1 Å². The summed E-state index contributed by atoms with van der Waals surface area (Å²) < 4.78 is 32.5. The lowest BCUT2D eigenvalue weighted by Gasteiger charge is -2.26. The van der Waals surface area contributed by atoms with Gasteiger partial charge in [-0.1, -0.05) is 29.8 Å². The molecule has 0 aliphatic carbocycles. The van der Waals surface area contributed by atoms with Crippen molar-refractivity contribution >= 4 is 27.6 Å². The van der Waals surface area contributed by atoms with E-state index in [0.717, 1.165) is 17.2 Å². The molecule has 9 nitrogen and oxygen atoms in total. The van der Waals surface area contributed by atoms with E-state index in [2.05, 4.69) is 10.5 Å². The molecule has 0 atom stereocenters. The lowest BCUT2D eigenvalue weighted by Crippen LogP contribution is -2.40. The molecule has 1 N–H and O–H groups in total. The van der Waals surface area contributed by atoms with Crippen LogP contribution in [0.4, 0.5) is 11.4 Å². The Morgan fingerprint density at radius 2 is 1.96 bits per heavy atom. The summed E-state index contributed by atoms with van der Waals surface area (Å²) in [5.74, 6) is 0. The van der Waals surface area contributed by atoms with E-state index in [-0.39, 0.29) is 42.6 Å². The second-order valence-electron chi connectivity index (χ2n) is 6.24. The van der Waals surface area contributed by atoms with Crippen LogP contribution >= 0.6 is 0 Å². The fourth-order valence-corrected chi connectivity index (χ4v) is 4.35. The van der Waals surface area contributed by atoms with E-state index in [1.807, 2.05) is 31.2 Å². The Kier molecular flexibility index (Phi) is 6.02. The third-order valence-corrected chi connectivity index (χ3v) is 6.14. The van der Waals surface area contributed by atoms with Crippen molar-refractivity contribution in [1.29, 1.82) is 0 Å². The first kappa shape index (κ1) is 19.9. The van der Waals surface area contributed by atoms with Crippen molar-refractivity contribution in [1.82, 2.24) is 4.31 Å². The van der Waals surface area contributed by atoms with Gasteiger partial charge in [-0.2, -0.15) is 9.41 Å². The Hall–Kier alpha value is -2.82. The molecule has 0 amide bonds. The average Bonchev–Trinajstić information content (AvgIpc) is 2.68. The summed E-state index contributed by atoms with van der Waals surface area (Å²) >= 11 is 0. The minimum absolute atomic E-state index is 0.168. The van der Waals surface area contributed by atoms with E-state index in [1.54, 1.807) is 6.21 Å². The molecule has 148 valence electrons. The lowest BCUT2D eigenvalue weighted by atomic mass is 10.2. The largest absolute Gasteiger partial charge is 0.379 e. The average molecular weight is 404 g/mol. The van der Waals surface area contributed by atoms with Crippen LogP contribution in [-0.4, -0.2) is 50.2 Å². The zero-order valence-corrected chi connectivity index (χ0v) is 16.1. The minimum Gasteiger partial charge on any atom is -0.379 e. The Labute approximate surface area is 162 Å². The molecule has 1 heterocycles. The molecule has 10 heteroatoms. The van der Waals surface area contributed by atoms with Crippen LogP contribution in [0.3, 0.4) is 0 Å². The summed E-state index contributed by atoms with van der Waals surface area (Å²) in [6, 6.07) is 11.3. The van der Waals surface area contributed by atoms with Crippen molar-refractivity contribution in [3.63, 3.8) is 0 Å². The Balaban J connectivity index is 1.93. The summed E-state index contributed by atoms with van der Waals surface area (Å²) in [5.41, 5.74) is 4.47. The molecule has 3 rings (SSSR count). The molecule has 0 unspecified atom stereocenters. The van der Waals surface area contributed by atoms with Crippen molar-refractivity contribution < 1.29 is 18.1 Å². The molecular formula is C18H20N4O5S. The number of morpholine rings is 1. The molecule has 0 bridgehead atoms. The predicted octanol–water partition coefficient (Wildman–Crippen LogP) is 2.37. The second-order valence-corrected chi connectivity index (χ2v) is 8.14. The molecule has 28 heavy (non-hydrogen) atoms. The number of nitro groups is 1. The number of sulfonamides is 1. The number of aryl methyl sites for hydroxylation is 1. The number of hydrogen-bond acceptors (Lipinski definition) is 7. The van der Waals surface area contributed by atoms with Gasteiger partial charge >= 0.3 is 0 Å². The lowest BCUT2D eigenvalue weighted by molar-refractivity contribution is -0.385. The molecule has 0 saturated carbocycles. The van der Waals surface area contributed by atoms with Crippen molar-refractivity contribution in [2.24, 2.45) is 5.10 Å². The minimum atomic E-state index is -3.94. The molecular weight excluding hydrogens is 384 g/mol. The van der Waals surface area contributed by atoms with Gasteiger partial charge in [-0.05, 0) is 18.6 Å². The molecule has 1 fully saturated rings. The quantitative estimate of drug-likeness (QED) is 0.449. The van der Waals surface area contributed by atoms with Crippen LogP contribution in [0.25, 0.3) is 0 Å². The number of nitro benzene ring substituents is 1. The number of anilines is 1. The summed E-state index contributed by atoms with van der Waals surface area (Å²) in [7, 11) is -3.94. The van der Waals surface area contributed by atoms with Gasteiger partial charge in [-0.15, -0.1) is 0 Å². The number of nitrogens with one attached hydrogen (secondary N) is 1. The van der Waals surface area contributed by atoms with Crippen LogP contribution in [-0.2, 0) is 14.8 Å². The highest BCUT2D eigenvalue weighted by atomic mass is 32.2. The zero-order valence-electron chi connectivity index (χ0n) is 15.2. The smallest absolute Gasteiger partial charge is 0.270 e. The molecule has 0 spiro atoms. The standard InChI is InChI=1S/C18H20N4O5S/c1-14-3-2-4-15(11-14)13-19-20-17-6-5-16(22(23)24)12-18(17)28(25,26)21-7-9-27-10-8-21/h2-6,11-13,20H,7-10H2,1H3. The van der Waals surface area contributed by atoms with Gasteiger partial charge in [0.1, 0.15) is 4.90 Å². The van der Waals surface area contributed by atoms with E-state index < -0.39 is 14.9 Å². The third kappa shape index (κ3) is 4.53. The molecule has 0 radical (unpaired) electrons. The van der Waals surface area contributed by atoms with Gasteiger partial charge < -0.3 is 4.74 Å². The summed E-state index contributed by atoms with van der Waals surface area (Å²) in [4.78, 5) is 10.3. The van der Waals surface area contributed by atoms with E-state index >= 15 is 0 Å². The van der Waals surface area contributed by atoms with E-state index in [4.69, 9.17) is 4.74 Å². The topological polar surface area (TPSA) is 114 Å². The summed E-state index contributed by atoms with van der Waals surface area (Å²) in [6.07, 6.45) is 1.56. The van der Waals surface area contributed by atoms with E-state index in [1.165, 1.54) is 16.4 Å². The van der Waals surface area contributed by atoms with Gasteiger partial charge in [-0.25, -0.2) is 8.42 Å². The third-order valence-electron chi connectivity index (χ3n) is 4.20. The van der Waals surface area contributed by atoms with Crippen molar-refractivity contribution in [3.05, 3.63) is 63.7 Å².